The van der Waals surface area contributed by atoms with Gasteiger partial charge in [-0.15, -0.1) is 0 Å². The van der Waals surface area contributed by atoms with Crippen LogP contribution in [0.25, 0.3) is 10.9 Å². The lowest BCUT2D eigenvalue weighted by Crippen LogP contribution is -2.22. The molecule has 0 aliphatic heterocycles. The topological polar surface area (TPSA) is 98.1 Å². The predicted octanol–water partition coefficient (Wildman–Crippen LogP) is 3.44. The molecule has 0 saturated carbocycles. The van der Waals surface area contributed by atoms with Crippen molar-refractivity contribution in [3.63, 3.8) is 0 Å². The van der Waals surface area contributed by atoms with Gasteiger partial charge in [-0.05, 0) is 30.3 Å². The smallest absolute Gasteiger partial charge is 0.261 e. The van der Waals surface area contributed by atoms with Crippen LogP contribution in [0, 0.1) is 0 Å². The Morgan fingerprint density at radius 1 is 0.879 bits per heavy atom. The lowest BCUT2D eigenvalue weighted by molar-refractivity contribution is -0.113. The molecule has 162 valence electrons. The summed E-state index contributed by atoms with van der Waals surface area (Å²) in [4.78, 5) is 55.1. The van der Waals surface area contributed by atoms with Crippen LogP contribution in [-0.2, 0) is 11.8 Å². The van der Waals surface area contributed by atoms with Gasteiger partial charge in [0.25, 0.3) is 5.56 Å². The second kappa shape index (κ2) is 8.14. The summed E-state index contributed by atoms with van der Waals surface area (Å²) in [5.41, 5.74) is 2.14. The number of fused-ring (bicyclic) bond motifs is 3. The van der Waals surface area contributed by atoms with Crippen molar-refractivity contribution in [3.05, 3.63) is 99.3 Å². The second-order valence-corrected chi connectivity index (χ2v) is 8.52. The van der Waals surface area contributed by atoms with Gasteiger partial charge >= 0.3 is 0 Å². The van der Waals surface area contributed by atoms with Crippen LogP contribution in [0.1, 0.15) is 31.8 Å². The number of rotatable bonds is 4. The molecule has 0 bridgehead atoms. The van der Waals surface area contributed by atoms with Crippen molar-refractivity contribution < 1.29 is 14.4 Å². The molecule has 0 spiro atoms. The van der Waals surface area contributed by atoms with E-state index in [4.69, 9.17) is 0 Å². The van der Waals surface area contributed by atoms with E-state index < -0.39 is 0 Å². The molecule has 5 rings (SSSR count). The number of nitrogens with one attached hydrogen (secondary N) is 1. The molecule has 1 heterocycles. The summed E-state index contributed by atoms with van der Waals surface area (Å²) < 4.78 is 1.42. The Morgan fingerprint density at radius 2 is 1.52 bits per heavy atom. The highest BCUT2D eigenvalue weighted by Crippen LogP contribution is 2.29. The Bertz CT molecular complexity index is 1540. The van der Waals surface area contributed by atoms with Gasteiger partial charge in [0.1, 0.15) is 0 Å². The molecular formula is C25H17N3O4S. The number of thioether (sulfide) groups is 1. The van der Waals surface area contributed by atoms with Crippen LogP contribution in [0.3, 0.4) is 0 Å². The van der Waals surface area contributed by atoms with E-state index in [9.17, 15) is 19.2 Å². The maximum absolute atomic E-state index is 12.9. The highest BCUT2D eigenvalue weighted by Gasteiger charge is 2.29. The van der Waals surface area contributed by atoms with Gasteiger partial charge in [-0.3, -0.25) is 23.7 Å². The van der Waals surface area contributed by atoms with Crippen molar-refractivity contribution in [3.8, 4) is 0 Å². The van der Waals surface area contributed by atoms with Crippen molar-refractivity contribution >= 4 is 45.8 Å². The summed E-state index contributed by atoms with van der Waals surface area (Å²) in [6.07, 6.45) is 0. The number of benzene rings is 3. The van der Waals surface area contributed by atoms with Crippen LogP contribution in [0.15, 0.2) is 76.7 Å². The number of ketones is 2. The van der Waals surface area contributed by atoms with E-state index >= 15 is 0 Å². The Kier molecular flexibility index (Phi) is 5.14. The number of carbonyl (C=O) groups is 3. The minimum Gasteiger partial charge on any atom is -0.325 e. The lowest BCUT2D eigenvalue weighted by atomic mass is 9.84. The SMILES string of the molecule is Cn1c(SCC(=O)Nc2ccc3c(c2)C(=O)c2ccccc2C3=O)nc2ccccc2c1=O. The Labute approximate surface area is 192 Å². The van der Waals surface area contributed by atoms with Gasteiger partial charge in [0, 0.05) is 35.0 Å². The van der Waals surface area contributed by atoms with E-state index in [1.165, 1.54) is 10.6 Å². The summed E-state index contributed by atoms with van der Waals surface area (Å²) in [6.45, 7) is 0. The second-order valence-electron chi connectivity index (χ2n) is 7.58. The normalized spacial score (nSPS) is 12.4. The van der Waals surface area contributed by atoms with Crippen LogP contribution in [0.5, 0.6) is 0 Å². The van der Waals surface area contributed by atoms with Gasteiger partial charge in [0.05, 0.1) is 16.7 Å². The highest BCUT2D eigenvalue weighted by molar-refractivity contribution is 7.99. The lowest BCUT2D eigenvalue weighted by Gasteiger charge is -2.18. The number of nitrogens with zero attached hydrogens (tertiary/aromatic N) is 2. The van der Waals surface area contributed by atoms with Crippen LogP contribution in [0.4, 0.5) is 5.69 Å². The first kappa shape index (κ1) is 20.8. The van der Waals surface area contributed by atoms with E-state index in [1.54, 1.807) is 67.7 Å². The molecule has 3 aromatic carbocycles. The first-order chi connectivity index (χ1) is 15.9. The highest BCUT2D eigenvalue weighted by atomic mass is 32.2. The van der Waals surface area contributed by atoms with Gasteiger partial charge in [0.15, 0.2) is 16.7 Å². The zero-order valence-electron chi connectivity index (χ0n) is 17.5. The first-order valence-electron chi connectivity index (χ1n) is 10.1. The largest absolute Gasteiger partial charge is 0.325 e. The van der Waals surface area contributed by atoms with Gasteiger partial charge < -0.3 is 5.32 Å². The summed E-state index contributed by atoms with van der Waals surface area (Å²) in [5.74, 6) is -0.763. The van der Waals surface area contributed by atoms with Crippen molar-refractivity contribution in [1.82, 2.24) is 9.55 Å². The van der Waals surface area contributed by atoms with E-state index in [0.29, 0.717) is 38.4 Å². The Hall–Kier alpha value is -4.04. The monoisotopic (exact) mass is 455 g/mol. The van der Waals surface area contributed by atoms with E-state index in [1.807, 2.05) is 0 Å². The molecule has 8 heteroatoms. The third-order valence-electron chi connectivity index (χ3n) is 5.48. The third-order valence-corrected chi connectivity index (χ3v) is 6.51. The molecule has 0 atom stereocenters. The number of carbonyl (C=O) groups excluding carboxylic acids is 3. The van der Waals surface area contributed by atoms with Crippen LogP contribution >= 0.6 is 11.8 Å². The molecule has 1 aliphatic carbocycles. The number of anilines is 1. The average molecular weight is 455 g/mol. The minimum absolute atomic E-state index is 0.0193. The molecule has 0 fully saturated rings. The number of amides is 1. The van der Waals surface area contributed by atoms with Gasteiger partial charge in [-0.1, -0.05) is 48.2 Å². The molecule has 0 radical (unpaired) electrons. The van der Waals surface area contributed by atoms with Gasteiger partial charge in [-0.2, -0.15) is 0 Å². The summed E-state index contributed by atoms with van der Waals surface area (Å²) >= 11 is 1.14. The molecule has 0 saturated heterocycles. The maximum Gasteiger partial charge on any atom is 0.261 e. The molecule has 1 aromatic heterocycles. The van der Waals surface area contributed by atoms with Crippen LogP contribution in [-0.4, -0.2) is 32.8 Å². The molecule has 4 aromatic rings. The predicted molar refractivity (Wildman–Crippen MR) is 126 cm³/mol. The molecule has 1 N–H and O–H groups in total. The number of para-hydroxylation sites is 1. The van der Waals surface area contributed by atoms with Crippen LogP contribution in [0.2, 0.25) is 0 Å². The number of hydrogen-bond acceptors (Lipinski definition) is 6. The summed E-state index contributed by atoms with van der Waals surface area (Å²) in [6, 6.07) is 18.4. The summed E-state index contributed by atoms with van der Waals surface area (Å²) in [7, 11) is 1.62. The Balaban J connectivity index is 1.34. The average Bonchev–Trinajstić information content (AvgIpc) is 2.84. The molecule has 1 aliphatic rings. The molecule has 7 nitrogen and oxygen atoms in total. The molecule has 1 amide bonds. The van der Waals surface area contributed by atoms with Gasteiger partial charge in [-0.25, -0.2) is 4.98 Å². The fourth-order valence-electron chi connectivity index (χ4n) is 3.83. The summed E-state index contributed by atoms with van der Waals surface area (Å²) in [5, 5.41) is 3.70. The standard InChI is InChI=1S/C25H17N3O4S/c1-28-24(32)18-8-4-5-9-20(18)27-25(28)33-13-21(29)26-14-10-11-17-19(12-14)23(31)16-7-3-2-6-15(16)22(17)30/h2-12H,13H2,1H3,(H,26,29). The quantitative estimate of drug-likeness (QED) is 0.329. The van der Waals surface area contributed by atoms with Crippen molar-refractivity contribution in [1.29, 1.82) is 0 Å². The number of aromatic nitrogens is 2. The first-order valence-corrected chi connectivity index (χ1v) is 11.1. The van der Waals surface area contributed by atoms with E-state index in [2.05, 4.69) is 10.3 Å². The molecule has 33 heavy (non-hydrogen) atoms. The van der Waals surface area contributed by atoms with Crippen molar-refractivity contribution in [2.24, 2.45) is 7.05 Å². The molecule has 0 unspecified atom stereocenters. The zero-order chi connectivity index (χ0) is 23.1. The zero-order valence-corrected chi connectivity index (χ0v) is 18.3. The molecular weight excluding hydrogens is 438 g/mol. The van der Waals surface area contributed by atoms with Gasteiger partial charge in [0.2, 0.25) is 5.91 Å². The fourth-order valence-corrected chi connectivity index (χ4v) is 4.60. The fraction of sp³-hybridized carbons (Fsp3) is 0.0800. The van der Waals surface area contributed by atoms with Crippen LogP contribution < -0.4 is 10.9 Å². The maximum atomic E-state index is 12.9. The van der Waals surface area contributed by atoms with Crippen molar-refractivity contribution in [2.75, 3.05) is 11.1 Å². The van der Waals surface area contributed by atoms with E-state index in [-0.39, 0.29) is 34.3 Å². The number of hydrogen-bond donors (Lipinski definition) is 1. The van der Waals surface area contributed by atoms with Crippen molar-refractivity contribution in [2.45, 2.75) is 5.16 Å². The third kappa shape index (κ3) is 3.64. The minimum atomic E-state index is -0.322. The Morgan fingerprint density at radius 3 is 2.27 bits per heavy atom. The van der Waals surface area contributed by atoms with E-state index in [0.717, 1.165) is 11.8 Å².